The molecule has 0 unspecified atom stereocenters. The first-order valence-electron chi connectivity index (χ1n) is 6.13. The molecule has 2 aromatic carbocycles. The van der Waals surface area contributed by atoms with Crippen LogP contribution in [0.15, 0.2) is 34.8 Å². The Morgan fingerprint density at radius 2 is 2.00 bits per heavy atom. The monoisotopic (exact) mass is 350 g/mol. The lowest BCUT2D eigenvalue weighted by atomic mass is 10.2. The highest BCUT2D eigenvalue weighted by Crippen LogP contribution is 2.31. The first-order valence-corrected chi connectivity index (χ1v) is 7.74. The van der Waals surface area contributed by atoms with E-state index >= 15 is 0 Å². The zero-order chi connectivity index (χ0) is 14.3. The van der Waals surface area contributed by atoms with Crippen molar-refractivity contribution in [2.45, 2.75) is 13.8 Å². The van der Waals surface area contributed by atoms with Gasteiger partial charge in [0.05, 0.1) is 14.7 Å². The molecule has 0 aliphatic heterocycles. The quantitative estimate of drug-likeness (QED) is 0.654. The van der Waals surface area contributed by atoms with Crippen molar-refractivity contribution in [3.8, 4) is 0 Å². The minimum Gasteiger partial charge on any atom is -0.331 e. The first kappa shape index (κ1) is 13.5. The fourth-order valence-electron chi connectivity index (χ4n) is 1.98. The number of hydrogen-bond acceptors (Lipinski definition) is 3. The molecule has 3 rings (SSSR count). The third-order valence-electron chi connectivity index (χ3n) is 3.05. The van der Waals surface area contributed by atoms with E-state index in [1.54, 1.807) is 17.4 Å². The Bertz CT molecular complexity index is 798. The summed E-state index contributed by atoms with van der Waals surface area (Å²) in [5.41, 5.74) is 3.87. The lowest BCUT2D eigenvalue weighted by Gasteiger charge is -2.07. The molecule has 1 aromatic heterocycles. The van der Waals surface area contributed by atoms with Gasteiger partial charge in [-0.1, -0.05) is 17.4 Å². The molecule has 0 bridgehead atoms. The molecule has 0 saturated carbocycles. The normalized spacial score (nSPS) is 11.0. The average Bonchev–Trinajstić information content (AvgIpc) is 2.77. The van der Waals surface area contributed by atoms with E-state index in [1.165, 1.54) is 11.6 Å². The zero-order valence-corrected chi connectivity index (χ0v) is 13.4. The molecule has 20 heavy (non-hydrogen) atoms. The first-order chi connectivity index (χ1) is 9.52. The van der Waals surface area contributed by atoms with Gasteiger partial charge in [0.1, 0.15) is 5.82 Å². The second-order valence-corrected chi connectivity index (χ2v) is 6.58. The Hall–Kier alpha value is -1.46. The molecule has 0 aliphatic rings. The summed E-state index contributed by atoms with van der Waals surface area (Å²) in [4.78, 5) is 4.52. The largest absolute Gasteiger partial charge is 0.331 e. The second-order valence-electron chi connectivity index (χ2n) is 4.70. The van der Waals surface area contributed by atoms with E-state index in [4.69, 9.17) is 0 Å². The van der Waals surface area contributed by atoms with Gasteiger partial charge in [-0.05, 0) is 65.2 Å². The van der Waals surface area contributed by atoms with E-state index < -0.39 is 0 Å². The van der Waals surface area contributed by atoms with Crippen molar-refractivity contribution in [2.24, 2.45) is 0 Å². The van der Waals surface area contributed by atoms with Crippen LogP contribution in [0, 0.1) is 19.7 Å². The summed E-state index contributed by atoms with van der Waals surface area (Å²) in [6.45, 7) is 3.99. The highest BCUT2D eigenvalue weighted by molar-refractivity contribution is 9.10. The Morgan fingerprint density at radius 3 is 2.80 bits per heavy atom. The maximum absolute atomic E-state index is 13.6. The average molecular weight is 351 g/mol. The molecule has 5 heteroatoms. The highest BCUT2D eigenvalue weighted by atomic mass is 79.9. The molecule has 0 aliphatic carbocycles. The second kappa shape index (κ2) is 5.14. The maximum atomic E-state index is 13.6. The lowest BCUT2D eigenvalue weighted by molar-refractivity contribution is 0.621. The van der Waals surface area contributed by atoms with E-state index in [9.17, 15) is 4.39 Å². The van der Waals surface area contributed by atoms with E-state index in [-0.39, 0.29) is 5.82 Å². The van der Waals surface area contributed by atoms with Crippen LogP contribution >= 0.6 is 27.3 Å². The Kier molecular flexibility index (Phi) is 3.48. The van der Waals surface area contributed by atoms with Crippen molar-refractivity contribution in [1.29, 1.82) is 0 Å². The molecule has 0 fully saturated rings. The molecule has 0 saturated heterocycles. The van der Waals surface area contributed by atoms with Gasteiger partial charge in [-0.2, -0.15) is 0 Å². The topological polar surface area (TPSA) is 24.9 Å². The number of aryl methyl sites for hydroxylation is 2. The zero-order valence-electron chi connectivity index (χ0n) is 11.0. The van der Waals surface area contributed by atoms with Gasteiger partial charge in [0.2, 0.25) is 0 Å². The van der Waals surface area contributed by atoms with E-state index in [0.29, 0.717) is 4.47 Å². The number of hydrogen-bond donors (Lipinski definition) is 1. The summed E-state index contributed by atoms with van der Waals surface area (Å²) in [5.74, 6) is -0.282. The number of fused-ring (bicyclic) bond motifs is 1. The molecular formula is C15H12BrFN2S. The smallest absolute Gasteiger partial charge is 0.188 e. The molecule has 0 spiro atoms. The number of thiazole rings is 1. The molecule has 1 heterocycles. The number of anilines is 2. The van der Waals surface area contributed by atoms with Gasteiger partial charge >= 0.3 is 0 Å². The number of rotatable bonds is 2. The number of nitrogens with zero attached hydrogens (tertiary/aromatic N) is 1. The van der Waals surface area contributed by atoms with E-state index in [1.807, 2.05) is 19.1 Å². The van der Waals surface area contributed by atoms with Gasteiger partial charge < -0.3 is 5.32 Å². The van der Waals surface area contributed by atoms with Crippen molar-refractivity contribution >= 4 is 48.3 Å². The van der Waals surface area contributed by atoms with Crippen molar-refractivity contribution in [1.82, 2.24) is 4.98 Å². The fourth-order valence-corrected chi connectivity index (χ4v) is 3.42. The lowest BCUT2D eigenvalue weighted by Crippen LogP contribution is -1.94. The van der Waals surface area contributed by atoms with Crippen LogP contribution < -0.4 is 5.32 Å². The summed E-state index contributed by atoms with van der Waals surface area (Å²) in [7, 11) is 0. The van der Waals surface area contributed by atoms with Crippen LogP contribution in [0.4, 0.5) is 15.2 Å². The van der Waals surface area contributed by atoms with Gasteiger partial charge in [-0.3, -0.25) is 0 Å². The fraction of sp³-hybridized carbons (Fsp3) is 0.133. The Morgan fingerprint density at radius 1 is 1.20 bits per heavy atom. The van der Waals surface area contributed by atoms with Crippen LogP contribution in [-0.2, 0) is 0 Å². The SMILES string of the molecule is Cc1ccc2nc(Nc3cc(F)c(Br)cc3C)sc2c1. The van der Waals surface area contributed by atoms with Crippen molar-refractivity contribution in [3.63, 3.8) is 0 Å². The molecule has 0 radical (unpaired) electrons. The number of aromatic nitrogens is 1. The standard InChI is InChI=1S/C15H12BrFN2S/c1-8-3-4-12-14(5-8)20-15(18-12)19-13-7-11(17)10(16)6-9(13)2/h3-7H,1-2H3,(H,18,19). The number of halogens is 2. The van der Waals surface area contributed by atoms with Crippen molar-refractivity contribution in [3.05, 3.63) is 51.7 Å². The molecule has 0 atom stereocenters. The van der Waals surface area contributed by atoms with Gasteiger partial charge in [-0.25, -0.2) is 9.37 Å². The van der Waals surface area contributed by atoms with Gasteiger partial charge in [0, 0.05) is 5.69 Å². The minimum absolute atomic E-state index is 0.282. The molecular weight excluding hydrogens is 339 g/mol. The summed E-state index contributed by atoms with van der Waals surface area (Å²) >= 11 is 4.75. The Labute approximate surface area is 128 Å². The minimum atomic E-state index is -0.282. The summed E-state index contributed by atoms with van der Waals surface area (Å²) in [6.07, 6.45) is 0. The van der Waals surface area contributed by atoms with E-state index in [0.717, 1.165) is 26.6 Å². The van der Waals surface area contributed by atoms with Crippen LogP contribution in [-0.4, -0.2) is 4.98 Å². The molecule has 102 valence electrons. The molecule has 0 amide bonds. The van der Waals surface area contributed by atoms with Crippen molar-refractivity contribution < 1.29 is 4.39 Å². The predicted molar refractivity (Wildman–Crippen MR) is 86.5 cm³/mol. The summed E-state index contributed by atoms with van der Waals surface area (Å²) in [5, 5.41) is 3.97. The third-order valence-corrected chi connectivity index (χ3v) is 4.59. The number of nitrogens with one attached hydrogen (secondary N) is 1. The molecule has 1 N–H and O–H groups in total. The predicted octanol–water partition coefficient (Wildman–Crippen LogP) is 5.56. The Balaban J connectivity index is 1.99. The third kappa shape index (κ3) is 2.55. The number of benzene rings is 2. The highest BCUT2D eigenvalue weighted by Gasteiger charge is 2.08. The van der Waals surface area contributed by atoms with Crippen LogP contribution in [0.5, 0.6) is 0 Å². The molecule has 2 nitrogen and oxygen atoms in total. The van der Waals surface area contributed by atoms with E-state index in [2.05, 4.69) is 39.2 Å². The van der Waals surface area contributed by atoms with Crippen LogP contribution in [0.3, 0.4) is 0 Å². The van der Waals surface area contributed by atoms with Gasteiger partial charge in [0.25, 0.3) is 0 Å². The summed E-state index contributed by atoms with van der Waals surface area (Å²) < 4.78 is 15.2. The summed E-state index contributed by atoms with van der Waals surface area (Å²) in [6, 6.07) is 9.39. The maximum Gasteiger partial charge on any atom is 0.188 e. The molecule has 3 aromatic rings. The van der Waals surface area contributed by atoms with Crippen LogP contribution in [0.25, 0.3) is 10.2 Å². The van der Waals surface area contributed by atoms with Gasteiger partial charge in [-0.15, -0.1) is 0 Å². The van der Waals surface area contributed by atoms with Crippen molar-refractivity contribution in [2.75, 3.05) is 5.32 Å². The van der Waals surface area contributed by atoms with Crippen LogP contribution in [0.2, 0.25) is 0 Å². The van der Waals surface area contributed by atoms with Gasteiger partial charge in [0.15, 0.2) is 5.13 Å². The van der Waals surface area contributed by atoms with Crippen LogP contribution in [0.1, 0.15) is 11.1 Å².